The number of anilines is 1. The van der Waals surface area contributed by atoms with Crippen molar-refractivity contribution in [3.63, 3.8) is 0 Å². The highest BCUT2D eigenvalue weighted by atomic mass is 16.3. The van der Waals surface area contributed by atoms with Gasteiger partial charge in [0.15, 0.2) is 0 Å². The lowest BCUT2D eigenvalue weighted by atomic mass is 9.96. The van der Waals surface area contributed by atoms with Gasteiger partial charge in [-0.3, -0.25) is 0 Å². The summed E-state index contributed by atoms with van der Waals surface area (Å²) >= 11 is 0. The van der Waals surface area contributed by atoms with Crippen LogP contribution >= 0.6 is 0 Å². The van der Waals surface area contributed by atoms with E-state index in [4.69, 9.17) is 5.73 Å². The first-order valence-electron chi connectivity index (χ1n) is 6.68. The van der Waals surface area contributed by atoms with Crippen LogP contribution in [0, 0.1) is 5.92 Å². The molecule has 2 aromatic rings. The molecule has 0 heterocycles. The SMILES string of the molecule is CC(C)Cc1cccc(C(O)c2ccc(N)cc2)c1. The Morgan fingerprint density at radius 1 is 1.00 bits per heavy atom. The van der Waals surface area contributed by atoms with Crippen molar-refractivity contribution < 1.29 is 5.11 Å². The van der Waals surface area contributed by atoms with Crippen molar-refractivity contribution >= 4 is 5.69 Å². The highest BCUT2D eigenvalue weighted by Gasteiger charge is 2.10. The van der Waals surface area contributed by atoms with E-state index >= 15 is 0 Å². The first kappa shape index (κ1) is 13.6. The van der Waals surface area contributed by atoms with Gasteiger partial charge in [0.25, 0.3) is 0 Å². The summed E-state index contributed by atoms with van der Waals surface area (Å²) in [6, 6.07) is 15.5. The zero-order chi connectivity index (χ0) is 13.8. The number of nitrogens with two attached hydrogens (primary N) is 1. The van der Waals surface area contributed by atoms with Gasteiger partial charge in [0.05, 0.1) is 0 Å². The maximum absolute atomic E-state index is 10.4. The fourth-order valence-electron chi connectivity index (χ4n) is 2.23. The predicted octanol–water partition coefficient (Wildman–Crippen LogP) is 3.55. The monoisotopic (exact) mass is 255 g/mol. The first-order valence-corrected chi connectivity index (χ1v) is 6.68. The molecule has 3 N–H and O–H groups in total. The van der Waals surface area contributed by atoms with E-state index in [1.165, 1.54) is 5.56 Å². The minimum atomic E-state index is -0.590. The Hall–Kier alpha value is -1.80. The Kier molecular flexibility index (Phi) is 4.23. The molecule has 100 valence electrons. The summed E-state index contributed by atoms with van der Waals surface area (Å²) < 4.78 is 0. The summed E-state index contributed by atoms with van der Waals surface area (Å²) in [5.74, 6) is 0.615. The van der Waals surface area contributed by atoms with Crippen LogP contribution in [-0.2, 0) is 6.42 Å². The van der Waals surface area contributed by atoms with Crippen LogP contribution in [0.5, 0.6) is 0 Å². The maximum Gasteiger partial charge on any atom is 0.104 e. The fourth-order valence-corrected chi connectivity index (χ4v) is 2.23. The minimum absolute atomic E-state index is 0.590. The predicted molar refractivity (Wildman–Crippen MR) is 79.9 cm³/mol. The smallest absolute Gasteiger partial charge is 0.104 e. The van der Waals surface area contributed by atoms with Crippen LogP contribution in [0.1, 0.15) is 36.6 Å². The van der Waals surface area contributed by atoms with Crippen molar-refractivity contribution in [2.24, 2.45) is 5.92 Å². The van der Waals surface area contributed by atoms with Gasteiger partial charge in [0.2, 0.25) is 0 Å². The van der Waals surface area contributed by atoms with Gasteiger partial charge in [-0.1, -0.05) is 50.2 Å². The topological polar surface area (TPSA) is 46.2 Å². The first-order chi connectivity index (χ1) is 9.06. The Balaban J connectivity index is 2.23. The zero-order valence-electron chi connectivity index (χ0n) is 11.5. The normalized spacial score (nSPS) is 12.6. The zero-order valence-corrected chi connectivity index (χ0v) is 11.5. The number of nitrogen functional groups attached to an aromatic ring is 1. The summed E-state index contributed by atoms with van der Waals surface area (Å²) in [5, 5.41) is 10.4. The van der Waals surface area contributed by atoms with E-state index in [9.17, 15) is 5.11 Å². The minimum Gasteiger partial charge on any atom is -0.399 e. The standard InChI is InChI=1S/C17H21NO/c1-12(2)10-13-4-3-5-15(11-13)17(19)14-6-8-16(18)9-7-14/h3-9,11-12,17,19H,10,18H2,1-2H3. The van der Waals surface area contributed by atoms with Gasteiger partial charge in [-0.05, 0) is 41.2 Å². The van der Waals surface area contributed by atoms with Crippen LogP contribution in [0.3, 0.4) is 0 Å². The van der Waals surface area contributed by atoms with Crippen molar-refractivity contribution in [1.82, 2.24) is 0 Å². The van der Waals surface area contributed by atoms with E-state index in [2.05, 4.69) is 26.0 Å². The van der Waals surface area contributed by atoms with E-state index < -0.39 is 6.10 Å². The molecular formula is C17H21NO. The lowest BCUT2D eigenvalue weighted by molar-refractivity contribution is 0.220. The van der Waals surface area contributed by atoms with Crippen molar-refractivity contribution in [2.45, 2.75) is 26.4 Å². The second-order valence-electron chi connectivity index (χ2n) is 5.41. The molecule has 0 fully saturated rings. The largest absolute Gasteiger partial charge is 0.399 e. The molecule has 1 atom stereocenters. The molecule has 2 heteroatoms. The summed E-state index contributed by atoms with van der Waals surface area (Å²) in [6.07, 6.45) is 0.440. The van der Waals surface area contributed by atoms with Crippen LogP contribution in [0.4, 0.5) is 5.69 Å². The molecule has 0 aliphatic carbocycles. The highest BCUT2D eigenvalue weighted by Crippen LogP contribution is 2.24. The fraction of sp³-hybridized carbons (Fsp3) is 0.294. The molecular weight excluding hydrogens is 234 g/mol. The van der Waals surface area contributed by atoms with Crippen LogP contribution in [0.25, 0.3) is 0 Å². The van der Waals surface area contributed by atoms with Crippen molar-refractivity contribution in [3.8, 4) is 0 Å². The second kappa shape index (κ2) is 5.89. The number of benzene rings is 2. The average molecular weight is 255 g/mol. The van der Waals surface area contributed by atoms with Gasteiger partial charge < -0.3 is 10.8 Å². The molecule has 0 radical (unpaired) electrons. The average Bonchev–Trinajstić information content (AvgIpc) is 2.38. The number of hydrogen-bond acceptors (Lipinski definition) is 2. The molecule has 2 nitrogen and oxygen atoms in total. The van der Waals surface area contributed by atoms with Crippen LogP contribution < -0.4 is 5.73 Å². The van der Waals surface area contributed by atoms with E-state index in [1.807, 2.05) is 36.4 Å². The van der Waals surface area contributed by atoms with Crippen LogP contribution in [-0.4, -0.2) is 5.11 Å². The number of hydrogen-bond donors (Lipinski definition) is 2. The van der Waals surface area contributed by atoms with Crippen molar-refractivity contribution in [1.29, 1.82) is 0 Å². The van der Waals surface area contributed by atoms with Gasteiger partial charge in [-0.2, -0.15) is 0 Å². The van der Waals surface area contributed by atoms with E-state index in [1.54, 1.807) is 0 Å². The molecule has 2 aromatic carbocycles. The van der Waals surface area contributed by atoms with Crippen LogP contribution in [0.2, 0.25) is 0 Å². The second-order valence-corrected chi connectivity index (χ2v) is 5.41. The molecule has 0 aliphatic rings. The number of aliphatic hydroxyl groups excluding tert-OH is 1. The highest BCUT2D eigenvalue weighted by molar-refractivity contribution is 5.42. The molecule has 0 saturated carbocycles. The van der Waals surface area contributed by atoms with Gasteiger partial charge in [0, 0.05) is 5.69 Å². The lowest BCUT2D eigenvalue weighted by Crippen LogP contribution is -2.02. The Bertz CT molecular complexity index is 531. The van der Waals surface area contributed by atoms with Crippen molar-refractivity contribution in [3.05, 3.63) is 65.2 Å². The molecule has 0 aliphatic heterocycles. The number of aliphatic hydroxyl groups is 1. The third-order valence-corrected chi connectivity index (χ3v) is 3.16. The van der Waals surface area contributed by atoms with E-state index in [0.717, 1.165) is 17.5 Å². The van der Waals surface area contributed by atoms with E-state index in [-0.39, 0.29) is 0 Å². The summed E-state index contributed by atoms with van der Waals surface area (Å²) in [6.45, 7) is 4.39. The van der Waals surface area contributed by atoms with Gasteiger partial charge in [-0.15, -0.1) is 0 Å². The van der Waals surface area contributed by atoms with Crippen LogP contribution in [0.15, 0.2) is 48.5 Å². The molecule has 0 aromatic heterocycles. The summed E-state index contributed by atoms with van der Waals surface area (Å²) in [4.78, 5) is 0. The van der Waals surface area contributed by atoms with Crippen molar-refractivity contribution in [2.75, 3.05) is 5.73 Å². The maximum atomic E-state index is 10.4. The van der Waals surface area contributed by atoms with Gasteiger partial charge in [-0.25, -0.2) is 0 Å². The molecule has 1 unspecified atom stereocenters. The third kappa shape index (κ3) is 3.58. The molecule has 0 bridgehead atoms. The molecule has 19 heavy (non-hydrogen) atoms. The molecule has 2 rings (SSSR count). The molecule has 0 spiro atoms. The summed E-state index contributed by atoms with van der Waals surface area (Å²) in [7, 11) is 0. The molecule has 0 amide bonds. The summed E-state index contributed by atoms with van der Waals surface area (Å²) in [5.41, 5.74) is 9.45. The Morgan fingerprint density at radius 2 is 1.68 bits per heavy atom. The van der Waals surface area contributed by atoms with Gasteiger partial charge in [0.1, 0.15) is 6.10 Å². The van der Waals surface area contributed by atoms with E-state index in [0.29, 0.717) is 11.6 Å². The lowest BCUT2D eigenvalue weighted by Gasteiger charge is -2.14. The Morgan fingerprint density at radius 3 is 2.32 bits per heavy atom. The molecule has 0 saturated heterocycles. The quantitative estimate of drug-likeness (QED) is 0.821. The Labute approximate surface area is 114 Å². The third-order valence-electron chi connectivity index (χ3n) is 3.16. The van der Waals surface area contributed by atoms with Gasteiger partial charge >= 0.3 is 0 Å². The number of rotatable bonds is 4.